The molecule has 0 atom stereocenters. The summed E-state index contributed by atoms with van der Waals surface area (Å²) in [6, 6.07) is 20.1. The molecule has 0 unspecified atom stereocenters. The summed E-state index contributed by atoms with van der Waals surface area (Å²) in [5.41, 5.74) is 3.48. The van der Waals surface area contributed by atoms with E-state index in [2.05, 4.69) is 18.2 Å². The average Bonchev–Trinajstić information content (AvgIpc) is 2.40. The molecule has 0 aliphatic heterocycles. The number of fused-ring (bicyclic) bond motifs is 1. The molecule has 3 aromatic rings. The van der Waals surface area contributed by atoms with Gasteiger partial charge in [-0.05, 0) is 35.1 Å². The van der Waals surface area contributed by atoms with Crippen LogP contribution < -0.4 is 0 Å². The molecule has 3 rings (SSSR count). The fourth-order valence-corrected chi connectivity index (χ4v) is 2.48. The van der Waals surface area contributed by atoms with Crippen molar-refractivity contribution in [3.8, 4) is 16.9 Å². The summed E-state index contributed by atoms with van der Waals surface area (Å²) >= 11 is 0. The lowest BCUT2D eigenvalue weighted by molar-refractivity contribution is 0.481. The Labute approximate surface area is 106 Å². The minimum atomic E-state index is 0.350. The standard InChI is InChI=1S/C17H14O/c1-12-11-16(18)14-9-5-6-10-15(14)17(12)13-7-3-2-4-8-13/h2-11,18H,1H3. The Kier molecular flexibility index (Phi) is 2.52. The first-order valence-corrected chi connectivity index (χ1v) is 6.04. The van der Waals surface area contributed by atoms with Crippen molar-refractivity contribution in [1.82, 2.24) is 0 Å². The van der Waals surface area contributed by atoms with Gasteiger partial charge in [0.25, 0.3) is 0 Å². The van der Waals surface area contributed by atoms with Gasteiger partial charge in [-0.3, -0.25) is 0 Å². The summed E-state index contributed by atoms with van der Waals surface area (Å²) in [4.78, 5) is 0. The molecule has 1 heteroatoms. The van der Waals surface area contributed by atoms with Gasteiger partial charge in [-0.2, -0.15) is 0 Å². The molecular weight excluding hydrogens is 220 g/mol. The summed E-state index contributed by atoms with van der Waals surface area (Å²) < 4.78 is 0. The number of phenols is 1. The van der Waals surface area contributed by atoms with Gasteiger partial charge in [0, 0.05) is 5.39 Å². The lowest BCUT2D eigenvalue weighted by Gasteiger charge is -2.12. The Bertz CT molecular complexity index is 699. The van der Waals surface area contributed by atoms with Gasteiger partial charge >= 0.3 is 0 Å². The van der Waals surface area contributed by atoms with Gasteiger partial charge in [0.1, 0.15) is 5.75 Å². The number of hydrogen-bond acceptors (Lipinski definition) is 1. The molecule has 3 aromatic carbocycles. The van der Waals surface area contributed by atoms with Crippen molar-refractivity contribution < 1.29 is 5.11 Å². The van der Waals surface area contributed by atoms with Crippen LogP contribution in [-0.4, -0.2) is 5.11 Å². The zero-order valence-electron chi connectivity index (χ0n) is 10.2. The van der Waals surface area contributed by atoms with Crippen LogP contribution >= 0.6 is 0 Å². The van der Waals surface area contributed by atoms with Crippen LogP contribution in [0.15, 0.2) is 60.7 Å². The molecule has 0 amide bonds. The molecule has 0 fully saturated rings. The van der Waals surface area contributed by atoms with Crippen molar-refractivity contribution in [2.24, 2.45) is 0 Å². The second-order valence-electron chi connectivity index (χ2n) is 4.50. The quantitative estimate of drug-likeness (QED) is 0.656. The largest absolute Gasteiger partial charge is 0.507 e. The number of benzene rings is 3. The van der Waals surface area contributed by atoms with Crippen LogP contribution in [0.2, 0.25) is 0 Å². The van der Waals surface area contributed by atoms with E-state index in [-0.39, 0.29) is 0 Å². The van der Waals surface area contributed by atoms with E-state index in [9.17, 15) is 5.11 Å². The second kappa shape index (κ2) is 4.19. The number of phenolic OH excluding ortho intramolecular Hbond substituents is 1. The van der Waals surface area contributed by atoms with Gasteiger partial charge in [-0.25, -0.2) is 0 Å². The first-order valence-electron chi connectivity index (χ1n) is 6.04. The molecular formula is C17H14O. The van der Waals surface area contributed by atoms with Crippen LogP contribution in [0.25, 0.3) is 21.9 Å². The Morgan fingerprint density at radius 2 is 1.39 bits per heavy atom. The van der Waals surface area contributed by atoms with Crippen LogP contribution in [-0.2, 0) is 0 Å². The predicted molar refractivity (Wildman–Crippen MR) is 75.8 cm³/mol. The smallest absolute Gasteiger partial charge is 0.123 e. The Morgan fingerprint density at radius 3 is 2.11 bits per heavy atom. The van der Waals surface area contributed by atoms with E-state index in [1.807, 2.05) is 49.4 Å². The second-order valence-corrected chi connectivity index (χ2v) is 4.50. The minimum absolute atomic E-state index is 0.350. The topological polar surface area (TPSA) is 20.2 Å². The average molecular weight is 234 g/mol. The predicted octanol–water partition coefficient (Wildman–Crippen LogP) is 4.52. The first kappa shape index (κ1) is 10.8. The molecule has 0 heterocycles. The fourth-order valence-electron chi connectivity index (χ4n) is 2.48. The highest BCUT2D eigenvalue weighted by Crippen LogP contribution is 2.36. The van der Waals surface area contributed by atoms with Crippen LogP contribution in [0.3, 0.4) is 0 Å². The van der Waals surface area contributed by atoms with E-state index < -0.39 is 0 Å². The maximum Gasteiger partial charge on any atom is 0.123 e. The molecule has 0 bridgehead atoms. The molecule has 0 radical (unpaired) electrons. The highest BCUT2D eigenvalue weighted by molar-refractivity contribution is 6.01. The number of rotatable bonds is 1. The van der Waals surface area contributed by atoms with Crippen molar-refractivity contribution in [1.29, 1.82) is 0 Å². The van der Waals surface area contributed by atoms with E-state index in [0.717, 1.165) is 16.3 Å². The molecule has 0 aliphatic carbocycles. The fraction of sp³-hybridized carbons (Fsp3) is 0.0588. The zero-order chi connectivity index (χ0) is 12.5. The summed E-state index contributed by atoms with van der Waals surface area (Å²) in [7, 11) is 0. The van der Waals surface area contributed by atoms with E-state index in [4.69, 9.17) is 0 Å². The van der Waals surface area contributed by atoms with Crippen molar-refractivity contribution in [3.05, 3.63) is 66.2 Å². The SMILES string of the molecule is Cc1cc(O)c2ccccc2c1-c1ccccc1. The molecule has 0 aromatic heterocycles. The van der Waals surface area contributed by atoms with E-state index in [0.29, 0.717) is 5.75 Å². The first-order chi connectivity index (χ1) is 8.77. The maximum atomic E-state index is 10.0. The Morgan fingerprint density at radius 1 is 0.778 bits per heavy atom. The Balaban J connectivity index is 2.42. The summed E-state index contributed by atoms with van der Waals surface area (Å²) in [5.74, 6) is 0.350. The number of aryl methyl sites for hydroxylation is 1. The number of aromatic hydroxyl groups is 1. The highest BCUT2D eigenvalue weighted by atomic mass is 16.3. The molecule has 1 N–H and O–H groups in total. The van der Waals surface area contributed by atoms with Gasteiger partial charge in [0.2, 0.25) is 0 Å². The highest BCUT2D eigenvalue weighted by Gasteiger charge is 2.09. The maximum absolute atomic E-state index is 10.0. The van der Waals surface area contributed by atoms with Crippen LogP contribution in [0.5, 0.6) is 5.75 Å². The zero-order valence-corrected chi connectivity index (χ0v) is 10.2. The van der Waals surface area contributed by atoms with Crippen LogP contribution in [0.4, 0.5) is 0 Å². The van der Waals surface area contributed by atoms with Gasteiger partial charge in [-0.1, -0.05) is 54.6 Å². The third-order valence-electron chi connectivity index (χ3n) is 3.28. The normalized spacial score (nSPS) is 10.7. The van der Waals surface area contributed by atoms with Crippen molar-refractivity contribution in [2.45, 2.75) is 6.92 Å². The third kappa shape index (κ3) is 1.65. The lowest BCUT2D eigenvalue weighted by Crippen LogP contribution is -1.86. The van der Waals surface area contributed by atoms with Gasteiger partial charge in [-0.15, -0.1) is 0 Å². The van der Waals surface area contributed by atoms with Crippen molar-refractivity contribution >= 4 is 10.8 Å². The molecule has 88 valence electrons. The Hall–Kier alpha value is -2.28. The van der Waals surface area contributed by atoms with E-state index in [1.165, 1.54) is 11.1 Å². The monoisotopic (exact) mass is 234 g/mol. The molecule has 1 nitrogen and oxygen atoms in total. The third-order valence-corrected chi connectivity index (χ3v) is 3.28. The molecule has 0 aliphatic rings. The summed E-state index contributed by atoms with van der Waals surface area (Å²) in [5, 5.41) is 12.0. The van der Waals surface area contributed by atoms with Crippen LogP contribution in [0.1, 0.15) is 5.56 Å². The number of hydrogen-bond donors (Lipinski definition) is 1. The molecule has 0 saturated heterocycles. The van der Waals surface area contributed by atoms with E-state index in [1.54, 1.807) is 0 Å². The molecule has 18 heavy (non-hydrogen) atoms. The van der Waals surface area contributed by atoms with Gasteiger partial charge in [0.15, 0.2) is 0 Å². The van der Waals surface area contributed by atoms with Crippen molar-refractivity contribution in [3.63, 3.8) is 0 Å². The summed E-state index contributed by atoms with van der Waals surface area (Å²) in [6.07, 6.45) is 0. The molecule has 0 spiro atoms. The molecule has 0 saturated carbocycles. The van der Waals surface area contributed by atoms with Crippen molar-refractivity contribution in [2.75, 3.05) is 0 Å². The van der Waals surface area contributed by atoms with Crippen LogP contribution in [0, 0.1) is 6.92 Å². The lowest BCUT2D eigenvalue weighted by atomic mass is 9.93. The minimum Gasteiger partial charge on any atom is -0.507 e. The van der Waals surface area contributed by atoms with Gasteiger partial charge < -0.3 is 5.11 Å². The summed E-state index contributed by atoms with van der Waals surface area (Å²) in [6.45, 7) is 2.04. The van der Waals surface area contributed by atoms with Gasteiger partial charge in [0.05, 0.1) is 0 Å². The van der Waals surface area contributed by atoms with E-state index >= 15 is 0 Å².